The van der Waals surface area contributed by atoms with Crippen LogP contribution < -0.4 is 5.73 Å². The Hall–Kier alpha value is -0.940. The zero-order chi connectivity index (χ0) is 9.31. The topological polar surface area (TPSA) is 74.2 Å². The Balaban J connectivity index is 2.22. The molecule has 1 aromatic rings. The van der Waals surface area contributed by atoms with E-state index in [0.29, 0.717) is 24.9 Å². The maximum absolute atomic E-state index is 6.12. The summed E-state index contributed by atoms with van der Waals surface area (Å²) in [6, 6.07) is 0. The molecule has 1 aliphatic rings. The third-order valence-electron chi connectivity index (χ3n) is 2.34. The number of ether oxygens (including phenoxy) is 1. The number of rotatable bonds is 1. The van der Waals surface area contributed by atoms with E-state index in [1.807, 2.05) is 0 Å². The molecule has 72 valence electrons. The summed E-state index contributed by atoms with van der Waals surface area (Å²) in [5, 5.41) is 3.73. The molecule has 5 nitrogen and oxygen atoms in total. The van der Waals surface area contributed by atoms with Crippen LogP contribution in [0.25, 0.3) is 0 Å². The third kappa shape index (κ3) is 1.57. The van der Waals surface area contributed by atoms with E-state index in [9.17, 15) is 0 Å². The van der Waals surface area contributed by atoms with Crippen LogP contribution in [0.2, 0.25) is 0 Å². The lowest BCUT2D eigenvalue weighted by Crippen LogP contribution is -2.42. The Morgan fingerprint density at radius 1 is 1.38 bits per heavy atom. The average Bonchev–Trinajstić information content (AvgIpc) is 2.54. The fourth-order valence-electron chi connectivity index (χ4n) is 1.45. The first-order valence-electron chi connectivity index (χ1n) is 4.38. The van der Waals surface area contributed by atoms with Crippen molar-refractivity contribution in [1.29, 1.82) is 0 Å². The van der Waals surface area contributed by atoms with Crippen LogP contribution >= 0.6 is 0 Å². The van der Waals surface area contributed by atoms with Crippen LogP contribution in [0.3, 0.4) is 0 Å². The van der Waals surface area contributed by atoms with Gasteiger partial charge >= 0.3 is 0 Å². The highest BCUT2D eigenvalue weighted by Gasteiger charge is 2.35. The fraction of sp³-hybridized carbons (Fsp3) is 0.750. The van der Waals surface area contributed by atoms with E-state index in [4.69, 9.17) is 15.0 Å². The van der Waals surface area contributed by atoms with Gasteiger partial charge in [-0.1, -0.05) is 5.16 Å². The number of nitrogens with two attached hydrogens (primary N) is 1. The largest absolute Gasteiger partial charge is 0.381 e. The molecule has 1 saturated heterocycles. The average molecular weight is 183 g/mol. The molecule has 13 heavy (non-hydrogen) atoms. The van der Waals surface area contributed by atoms with Crippen molar-refractivity contribution in [3.05, 3.63) is 11.7 Å². The van der Waals surface area contributed by atoms with Gasteiger partial charge in [-0.25, -0.2) is 0 Å². The molecule has 0 aliphatic carbocycles. The van der Waals surface area contributed by atoms with Crippen molar-refractivity contribution >= 4 is 0 Å². The van der Waals surface area contributed by atoms with Crippen molar-refractivity contribution in [3.8, 4) is 0 Å². The molecule has 0 aromatic carbocycles. The van der Waals surface area contributed by atoms with Gasteiger partial charge in [0.05, 0.1) is 0 Å². The van der Waals surface area contributed by atoms with Crippen molar-refractivity contribution in [1.82, 2.24) is 10.1 Å². The summed E-state index contributed by atoms with van der Waals surface area (Å²) in [5.74, 6) is 1.17. The number of aryl methyl sites for hydroxylation is 1. The summed E-state index contributed by atoms with van der Waals surface area (Å²) in [6.07, 6.45) is 1.49. The van der Waals surface area contributed by atoms with Gasteiger partial charge in [-0.15, -0.1) is 0 Å². The molecule has 0 unspecified atom stereocenters. The Bertz CT molecular complexity index is 291. The molecule has 2 rings (SSSR count). The molecule has 1 fully saturated rings. The first-order chi connectivity index (χ1) is 6.21. The molecule has 2 N–H and O–H groups in total. The molecule has 5 heteroatoms. The second kappa shape index (κ2) is 3.08. The number of hydrogen-bond acceptors (Lipinski definition) is 5. The monoisotopic (exact) mass is 183 g/mol. The van der Waals surface area contributed by atoms with Crippen molar-refractivity contribution in [2.24, 2.45) is 5.73 Å². The van der Waals surface area contributed by atoms with Gasteiger partial charge in [0.1, 0.15) is 5.54 Å². The smallest absolute Gasteiger partial charge is 0.246 e. The lowest BCUT2D eigenvalue weighted by atomic mass is 9.91. The quantitative estimate of drug-likeness (QED) is 0.679. The van der Waals surface area contributed by atoms with E-state index in [2.05, 4.69) is 10.1 Å². The van der Waals surface area contributed by atoms with E-state index in [-0.39, 0.29) is 0 Å². The summed E-state index contributed by atoms with van der Waals surface area (Å²) in [6.45, 7) is 3.12. The normalized spacial score (nSPS) is 21.7. The standard InChI is InChI=1S/C8H13N3O2/c1-6-10-7(13-11-6)8(9)2-4-12-5-3-8/h2-5,9H2,1H3. The van der Waals surface area contributed by atoms with Crippen molar-refractivity contribution in [2.45, 2.75) is 25.3 Å². The zero-order valence-corrected chi connectivity index (χ0v) is 7.62. The minimum absolute atomic E-state index is 0.473. The lowest BCUT2D eigenvalue weighted by Gasteiger charge is -2.29. The number of aromatic nitrogens is 2. The summed E-state index contributed by atoms with van der Waals surface area (Å²) >= 11 is 0. The fourth-order valence-corrected chi connectivity index (χ4v) is 1.45. The van der Waals surface area contributed by atoms with Gasteiger partial charge in [-0.2, -0.15) is 4.98 Å². The van der Waals surface area contributed by atoms with Gasteiger partial charge in [0.25, 0.3) is 0 Å². The SMILES string of the molecule is Cc1noc(C2(N)CCOCC2)n1. The summed E-state index contributed by atoms with van der Waals surface area (Å²) in [7, 11) is 0. The Kier molecular flexibility index (Phi) is 2.05. The van der Waals surface area contributed by atoms with Gasteiger partial charge in [0.2, 0.25) is 5.89 Å². The zero-order valence-electron chi connectivity index (χ0n) is 7.62. The predicted octanol–water partition coefficient (Wildman–Crippen LogP) is 0.342. The number of nitrogens with zero attached hydrogens (tertiary/aromatic N) is 2. The van der Waals surface area contributed by atoms with Crippen LogP contribution in [0.4, 0.5) is 0 Å². The highest BCUT2D eigenvalue weighted by atomic mass is 16.5. The lowest BCUT2D eigenvalue weighted by molar-refractivity contribution is 0.0400. The molecule has 2 heterocycles. The minimum atomic E-state index is -0.473. The molecule has 0 bridgehead atoms. The van der Waals surface area contributed by atoms with Gasteiger partial charge in [-0.05, 0) is 19.8 Å². The Morgan fingerprint density at radius 2 is 2.08 bits per heavy atom. The molecule has 0 radical (unpaired) electrons. The number of hydrogen-bond donors (Lipinski definition) is 1. The van der Waals surface area contributed by atoms with Gasteiger partial charge < -0.3 is 15.0 Å². The van der Waals surface area contributed by atoms with E-state index in [1.54, 1.807) is 6.92 Å². The van der Waals surface area contributed by atoms with E-state index in [1.165, 1.54) is 0 Å². The molecular weight excluding hydrogens is 170 g/mol. The summed E-state index contributed by atoms with van der Waals surface area (Å²) in [4.78, 5) is 4.15. The van der Waals surface area contributed by atoms with Gasteiger partial charge in [0, 0.05) is 13.2 Å². The molecule has 0 spiro atoms. The van der Waals surface area contributed by atoms with Crippen LogP contribution in [-0.4, -0.2) is 23.4 Å². The minimum Gasteiger partial charge on any atom is -0.381 e. The van der Waals surface area contributed by atoms with Crippen LogP contribution in [-0.2, 0) is 10.3 Å². The first-order valence-corrected chi connectivity index (χ1v) is 4.38. The second-order valence-electron chi connectivity index (χ2n) is 3.42. The molecule has 0 amide bonds. The summed E-state index contributed by atoms with van der Waals surface area (Å²) < 4.78 is 10.3. The molecule has 0 atom stereocenters. The van der Waals surface area contributed by atoms with E-state index in [0.717, 1.165) is 12.8 Å². The highest BCUT2D eigenvalue weighted by Crippen LogP contribution is 2.27. The Labute approximate surface area is 76.3 Å². The molecule has 1 aromatic heterocycles. The van der Waals surface area contributed by atoms with Crippen molar-refractivity contribution in [3.63, 3.8) is 0 Å². The second-order valence-corrected chi connectivity index (χ2v) is 3.42. The molecular formula is C8H13N3O2. The van der Waals surface area contributed by atoms with Crippen molar-refractivity contribution < 1.29 is 9.26 Å². The molecule has 0 saturated carbocycles. The predicted molar refractivity (Wildman–Crippen MR) is 45.0 cm³/mol. The van der Waals surface area contributed by atoms with Crippen LogP contribution in [0.5, 0.6) is 0 Å². The Morgan fingerprint density at radius 3 is 2.62 bits per heavy atom. The van der Waals surface area contributed by atoms with Crippen LogP contribution in [0.1, 0.15) is 24.6 Å². The van der Waals surface area contributed by atoms with Gasteiger partial charge in [-0.3, -0.25) is 0 Å². The molecule has 1 aliphatic heterocycles. The van der Waals surface area contributed by atoms with Gasteiger partial charge in [0.15, 0.2) is 5.82 Å². The maximum Gasteiger partial charge on any atom is 0.246 e. The van der Waals surface area contributed by atoms with Crippen LogP contribution in [0.15, 0.2) is 4.52 Å². The van der Waals surface area contributed by atoms with Crippen molar-refractivity contribution in [2.75, 3.05) is 13.2 Å². The van der Waals surface area contributed by atoms with Crippen LogP contribution in [0, 0.1) is 6.92 Å². The third-order valence-corrected chi connectivity index (χ3v) is 2.34. The summed E-state index contributed by atoms with van der Waals surface area (Å²) in [5.41, 5.74) is 5.64. The highest BCUT2D eigenvalue weighted by molar-refractivity contribution is 5.02. The van der Waals surface area contributed by atoms with E-state index >= 15 is 0 Å². The first kappa shape index (κ1) is 8.65. The maximum atomic E-state index is 6.12. The van der Waals surface area contributed by atoms with E-state index < -0.39 is 5.54 Å².